The first-order valence-corrected chi connectivity index (χ1v) is 10.2. The van der Waals surface area contributed by atoms with E-state index in [9.17, 15) is 14.4 Å². The molecule has 156 valence electrons. The average molecular weight is 413 g/mol. The van der Waals surface area contributed by atoms with E-state index in [1.807, 2.05) is 42.5 Å². The summed E-state index contributed by atoms with van der Waals surface area (Å²) in [4.78, 5) is 39.2. The van der Waals surface area contributed by atoms with Gasteiger partial charge in [0.2, 0.25) is 5.91 Å². The van der Waals surface area contributed by atoms with Gasteiger partial charge in [0.1, 0.15) is 5.75 Å². The third-order valence-corrected chi connectivity index (χ3v) is 5.74. The lowest BCUT2D eigenvalue weighted by molar-refractivity contribution is -0.116. The first-order chi connectivity index (χ1) is 15.1. The van der Waals surface area contributed by atoms with Gasteiger partial charge in [-0.15, -0.1) is 0 Å². The molecule has 0 spiro atoms. The van der Waals surface area contributed by atoms with Gasteiger partial charge in [0.05, 0.1) is 12.8 Å². The number of amides is 1. The Labute approximate surface area is 181 Å². The lowest BCUT2D eigenvalue weighted by atomic mass is 9.76. The topological polar surface area (TPSA) is 72.5 Å². The number of ketones is 2. The van der Waals surface area contributed by atoms with Gasteiger partial charge >= 0.3 is 0 Å². The zero-order valence-corrected chi connectivity index (χ0v) is 17.2. The number of ether oxygens (including phenoxy) is 1. The number of hydrogen-bond acceptors (Lipinski definition) is 4. The summed E-state index contributed by atoms with van der Waals surface area (Å²) in [5.41, 5.74) is 2.41. The molecule has 1 heterocycles. The van der Waals surface area contributed by atoms with E-state index in [2.05, 4.69) is 5.32 Å². The summed E-state index contributed by atoms with van der Waals surface area (Å²) in [6, 6.07) is 23.4. The Hall–Kier alpha value is -3.73. The normalized spacial score (nSPS) is 16.6. The van der Waals surface area contributed by atoms with Crippen molar-refractivity contribution in [1.29, 1.82) is 0 Å². The highest BCUT2D eigenvalue weighted by Gasteiger charge is 2.36. The number of benzene rings is 3. The number of carbonyl (C=O) groups is 3. The summed E-state index contributed by atoms with van der Waals surface area (Å²) in [6.45, 7) is 0. The lowest BCUT2D eigenvalue weighted by Crippen LogP contribution is -2.26. The maximum atomic E-state index is 13.5. The molecule has 0 radical (unpaired) electrons. The van der Waals surface area contributed by atoms with E-state index in [4.69, 9.17) is 4.74 Å². The maximum Gasteiger partial charge on any atom is 0.225 e. The monoisotopic (exact) mass is 413 g/mol. The molecule has 0 bridgehead atoms. The van der Waals surface area contributed by atoms with Gasteiger partial charge in [0.15, 0.2) is 11.6 Å². The van der Waals surface area contributed by atoms with Crippen LogP contribution in [-0.4, -0.2) is 24.6 Å². The molecule has 5 nitrogen and oxygen atoms in total. The molecule has 0 aromatic heterocycles. The summed E-state index contributed by atoms with van der Waals surface area (Å²) in [5.74, 6) is -0.823. The molecule has 1 amide bonds. The van der Waals surface area contributed by atoms with Crippen LogP contribution < -0.4 is 10.1 Å². The second kappa shape index (κ2) is 8.96. The van der Waals surface area contributed by atoms with Gasteiger partial charge in [-0.1, -0.05) is 54.6 Å². The Balaban J connectivity index is 1.74. The third-order valence-electron chi connectivity index (χ3n) is 5.74. The van der Waals surface area contributed by atoms with E-state index in [1.165, 1.54) is 0 Å². The van der Waals surface area contributed by atoms with Gasteiger partial charge in [0, 0.05) is 35.8 Å². The molecule has 1 aliphatic rings. The molecule has 2 unspecified atom stereocenters. The van der Waals surface area contributed by atoms with Crippen molar-refractivity contribution in [2.75, 3.05) is 12.4 Å². The summed E-state index contributed by atoms with van der Waals surface area (Å²) in [7, 11) is 1.58. The van der Waals surface area contributed by atoms with Crippen LogP contribution >= 0.6 is 0 Å². The van der Waals surface area contributed by atoms with Crippen molar-refractivity contribution < 1.29 is 19.1 Å². The number of para-hydroxylation sites is 1. The number of Topliss-reactive ketones (excluding diaryl/α,β-unsaturated/α-hetero) is 2. The van der Waals surface area contributed by atoms with E-state index in [0.717, 1.165) is 5.56 Å². The maximum absolute atomic E-state index is 13.5. The van der Waals surface area contributed by atoms with Crippen molar-refractivity contribution >= 4 is 23.2 Å². The average Bonchev–Trinajstić information content (AvgIpc) is 2.94. The van der Waals surface area contributed by atoms with E-state index in [-0.39, 0.29) is 30.3 Å². The predicted octanol–water partition coefficient (Wildman–Crippen LogP) is 4.89. The Morgan fingerprint density at radius 1 is 0.968 bits per heavy atom. The Kier molecular flexibility index (Phi) is 5.94. The molecule has 1 aliphatic heterocycles. The van der Waals surface area contributed by atoms with Crippen LogP contribution in [0.5, 0.6) is 5.75 Å². The summed E-state index contributed by atoms with van der Waals surface area (Å²) in [5, 5.41) is 2.83. The van der Waals surface area contributed by atoms with Crippen LogP contribution in [0.3, 0.4) is 0 Å². The first-order valence-electron chi connectivity index (χ1n) is 10.2. The predicted molar refractivity (Wildman–Crippen MR) is 119 cm³/mol. The fraction of sp³-hybridized carbons (Fsp3) is 0.192. The molecule has 3 aromatic rings. The van der Waals surface area contributed by atoms with Crippen molar-refractivity contribution in [3.63, 3.8) is 0 Å². The molecule has 2 atom stereocenters. The zero-order valence-electron chi connectivity index (χ0n) is 17.2. The van der Waals surface area contributed by atoms with Crippen LogP contribution in [0.2, 0.25) is 0 Å². The van der Waals surface area contributed by atoms with Crippen LogP contribution in [0.15, 0.2) is 78.9 Å². The molecule has 4 rings (SSSR count). The van der Waals surface area contributed by atoms with Gasteiger partial charge in [-0.2, -0.15) is 0 Å². The minimum atomic E-state index is -0.648. The highest BCUT2D eigenvalue weighted by Crippen LogP contribution is 2.38. The van der Waals surface area contributed by atoms with Crippen molar-refractivity contribution in [3.05, 3.63) is 95.6 Å². The van der Waals surface area contributed by atoms with E-state index >= 15 is 0 Å². The fourth-order valence-corrected chi connectivity index (χ4v) is 4.11. The molecular formula is C26H23NO4. The van der Waals surface area contributed by atoms with E-state index in [1.54, 1.807) is 43.5 Å². The van der Waals surface area contributed by atoms with Gasteiger partial charge < -0.3 is 10.1 Å². The quantitative estimate of drug-likeness (QED) is 0.584. The van der Waals surface area contributed by atoms with Crippen LogP contribution in [-0.2, 0) is 4.79 Å². The number of hydrogen-bond donors (Lipinski definition) is 1. The van der Waals surface area contributed by atoms with Crippen LogP contribution in [0.1, 0.15) is 45.0 Å². The molecule has 0 aliphatic carbocycles. The SMILES string of the molecule is COc1ccc(C(CC(=O)c2ccccc2)C2CC(=O)Nc3ccccc3C2=O)cc1. The largest absolute Gasteiger partial charge is 0.497 e. The minimum Gasteiger partial charge on any atom is -0.497 e. The fourth-order valence-electron chi connectivity index (χ4n) is 4.11. The number of nitrogens with one attached hydrogen (secondary N) is 1. The molecule has 3 aromatic carbocycles. The Morgan fingerprint density at radius 2 is 1.65 bits per heavy atom. The van der Waals surface area contributed by atoms with Gasteiger partial charge in [-0.3, -0.25) is 14.4 Å². The van der Waals surface area contributed by atoms with Crippen molar-refractivity contribution in [2.45, 2.75) is 18.8 Å². The summed E-state index contributed by atoms with van der Waals surface area (Å²) < 4.78 is 5.25. The second-order valence-electron chi connectivity index (χ2n) is 7.64. The molecule has 5 heteroatoms. The van der Waals surface area contributed by atoms with Gasteiger partial charge in [-0.05, 0) is 29.8 Å². The van der Waals surface area contributed by atoms with Gasteiger partial charge in [0.25, 0.3) is 0 Å². The van der Waals surface area contributed by atoms with Crippen LogP contribution in [0.4, 0.5) is 5.69 Å². The minimum absolute atomic E-state index is 0.0201. The van der Waals surface area contributed by atoms with E-state index in [0.29, 0.717) is 22.6 Å². The van der Waals surface area contributed by atoms with Crippen molar-refractivity contribution in [2.24, 2.45) is 5.92 Å². The Morgan fingerprint density at radius 3 is 2.35 bits per heavy atom. The smallest absolute Gasteiger partial charge is 0.225 e. The van der Waals surface area contributed by atoms with Crippen molar-refractivity contribution in [1.82, 2.24) is 0 Å². The first kappa shape index (κ1) is 20.5. The lowest BCUT2D eigenvalue weighted by Gasteiger charge is -2.25. The number of carbonyl (C=O) groups excluding carboxylic acids is 3. The molecule has 31 heavy (non-hydrogen) atoms. The molecule has 1 N–H and O–H groups in total. The number of fused-ring (bicyclic) bond motifs is 1. The summed E-state index contributed by atoms with van der Waals surface area (Å²) in [6.07, 6.45) is 0.147. The molecular weight excluding hydrogens is 390 g/mol. The van der Waals surface area contributed by atoms with E-state index < -0.39 is 11.8 Å². The zero-order chi connectivity index (χ0) is 21.8. The highest BCUT2D eigenvalue weighted by molar-refractivity contribution is 6.11. The third kappa shape index (κ3) is 4.40. The number of anilines is 1. The number of methoxy groups -OCH3 is 1. The second-order valence-corrected chi connectivity index (χ2v) is 7.64. The van der Waals surface area contributed by atoms with Crippen molar-refractivity contribution in [3.8, 4) is 5.75 Å². The summed E-state index contributed by atoms with van der Waals surface area (Å²) >= 11 is 0. The highest BCUT2D eigenvalue weighted by atomic mass is 16.5. The standard InChI is InChI=1S/C26H23NO4/c1-31-19-13-11-17(12-14-19)21(15-24(28)18-7-3-2-4-8-18)22-16-25(29)27-23-10-6-5-9-20(23)26(22)30/h2-14,21-22H,15-16H2,1H3,(H,27,29). The van der Waals surface area contributed by atoms with Crippen LogP contribution in [0, 0.1) is 5.92 Å². The van der Waals surface area contributed by atoms with Crippen LogP contribution in [0.25, 0.3) is 0 Å². The Bertz CT molecular complexity index is 1110. The molecule has 0 fully saturated rings. The number of rotatable bonds is 6. The molecule has 0 saturated carbocycles. The molecule has 0 saturated heterocycles. The van der Waals surface area contributed by atoms with Gasteiger partial charge in [-0.25, -0.2) is 0 Å².